The molecule has 1 atom stereocenters. The summed E-state index contributed by atoms with van der Waals surface area (Å²) in [6, 6.07) is 17.8. The molecular weight excluding hydrogens is 316 g/mol. The second-order valence-electron chi connectivity index (χ2n) is 6.24. The number of hydrogen-bond donors (Lipinski definition) is 1. The number of amides is 1. The molecular formula is C20H24N2O3. The van der Waals surface area contributed by atoms with Crippen LogP contribution in [0.5, 0.6) is 5.75 Å². The number of carbonyl (C=O) groups is 1. The van der Waals surface area contributed by atoms with Crippen molar-refractivity contribution in [2.24, 2.45) is 5.92 Å². The maximum Gasteiger partial charge on any atom is 0.407 e. The summed E-state index contributed by atoms with van der Waals surface area (Å²) in [6.45, 7) is 2.87. The van der Waals surface area contributed by atoms with Crippen LogP contribution < -0.4 is 15.0 Å². The molecule has 0 aromatic heterocycles. The van der Waals surface area contributed by atoms with Crippen molar-refractivity contribution in [2.75, 3.05) is 31.6 Å². The normalized spacial score (nSPS) is 16.5. The maximum absolute atomic E-state index is 11.8. The van der Waals surface area contributed by atoms with E-state index in [1.807, 2.05) is 42.5 Å². The molecule has 3 rings (SSSR count). The zero-order valence-electron chi connectivity index (χ0n) is 14.5. The van der Waals surface area contributed by atoms with Crippen LogP contribution >= 0.6 is 0 Å². The van der Waals surface area contributed by atoms with Gasteiger partial charge in [-0.15, -0.1) is 0 Å². The zero-order valence-corrected chi connectivity index (χ0v) is 14.5. The largest absolute Gasteiger partial charge is 0.497 e. The van der Waals surface area contributed by atoms with Crippen LogP contribution in [0.15, 0.2) is 54.6 Å². The standard InChI is InChI=1S/C20H24N2O3/c1-24-19-9-7-18(8-10-19)22-12-11-17(14-22)13-21-20(23)25-15-16-5-3-2-4-6-16/h2-10,17H,11-15H2,1H3,(H,21,23). The van der Waals surface area contributed by atoms with E-state index in [4.69, 9.17) is 9.47 Å². The van der Waals surface area contributed by atoms with Crippen molar-refractivity contribution < 1.29 is 14.3 Å². The van der Waals surface area contributed by atoms with E-state index in [0.29, 0.717) is 19.1 Å². The Bertz CT molecular complexity index is 673. The van der Waals surface area contributed by atoms with Gasteiger partial charge >= 0.3 is 6.09 Å². The summed E-state index contributed by atoms with van der Waals surface area (Å²) in [5.74, 6) is 1.30. The number of anilines is 1. The van der Waals surface area contributed by atoms with Gasteiger partial charge in [0.25, 0.3) is 0 Å². The van der Waals surface area contributed by atoms with E-state index in [1.54, 1.807) is 7.11 Å². The molecule has 1 amide bonds. The van der Waals surface area contributed by atoms with Gasteiger partial charge in [0.1, 0.15) is 12.4 Å². The van der Waals surface area contributed by atoms with Crippen LogP contribution in [0.4, 0.5) is 10.5 Å². The second-order valence-corrected chi connectivity index (χ2v) is 6.24. The van der Waals surface area contributed by atoms with Gasteiger partial charge in [0.2, 0.25) is 0 Å². The van der Waals surface area contributed by atoms with Crippen molar-refractivity contribution in [1.29, 1.82) is 0 Å². The highest BCUT2D eigenvalue weighted by atomic mass is 16.5. The molecule has 5 nitrogen and oxygen atoms in total. The Hall–Kier alpha value is -2.69. The average molecular weight is 340 g/mol. The highest BCUT2D eigenvalue weighted by Gasteiger charge is 2.23. The predicted octanol–water partition coefficient (Wildman–Crippen LogP) is 3.45. The number of nitrogens with zero attached hydrogens (tertiary/aromatic N) is 1. The lowest BCUT2D eigenvalue weighted by molar-refractivity contribution is 0.138. The first kappa shape index (κ1) is 17.1. The fourth-order valence-electron chi connectivity index (χ4n) is 3.03. The Morgan fingerprint density at radius 2 is 1.92 bits per heavy atom. The Morgan fingerprint density at radius 3 is 2.64 bits per heavy atom. The lowest BCUT2D eigenvalue weighted by Crippen LogP contribution is -2.31. The van der Waals surface area contributed by atoms with Gasteiger partial charge in [0.05, 0.1) is 7.11 Å². The number of nitrogens with one attached hydrogen (secondary N) is 1. The van der Waals surface area contributed by atoms with E-state index < -0.39 is 0 Å². The summed E-state index contributed by atoms with van der Waals surface area (Å²) in [5.41, 5.74) is 2.18. The number of methoxy groups -OCH3 is 1. The van der Waals surface area contributed by atoms with Gasteiger partial charge in [0.15, 0.2) is 0 Å². The molecule has 0 saturated carbocycles. The molecule has 0 radical (unpaired) electrons. The van der Waals surface area contributed by atoms with Crippen molar-refractivity contribution in [1.82, 2.24) is 5.32 Å². The molecule has 1 unspecified atom stereocenters. The summed E-state index contributed by atoms with van der Waals surface area (Å²) >= 11 is 0. The second kappa shape index (κ2) is 8.42. The van der Waals surface area contributed by atoms with Crippen molar-refractivity contribution in [3.05, 3.63) is 60.2 Å². The van der Waals surface area contributed by atoms with Crippen LogP contribution in [0.1, 0.15) is 12.0 Å². The van der Waals surface area contributed by atoms with Gasteiger partial charge in [-0.2, -0.15) is 0 Å². The molecule has 0 bridgehead atoms. The minimum Gasteiger partial charge on any atom is -0.497 e. The summed E-state index contributed by atoms with van der Waals surface area (Å²) in [5, 5.41) is 2.88. The molecule has 1 aliphatic rings. The highest BCUT2D eigenvalue weighted by Crippen LogP contribution is 2.25. The molecule has 25 heavy (non-hydrogen) atoms. The molecule has 2 aromatic carbocycles. The van der Waals surface area contributed by atoms with Gasteiger partial charge in [-0.3, -0.25) is 0 Å². The lowest BCUT2D eigenvalue weighted by Gasteiger charge is -2.19. The molecule has 1 aliphatic heterocycles. The minimum absolute atomic E-state index is 0.301. The van der Waals surface area contributed by atoms with E-state index in [9.17, 15) is 4.79 Å². The van der Waals surface area contributed by atoms with Gasteiger partial charge in [-0.25, -0.2) is 4.79 Å². The van der Waals surface area contributed by atoms with Crippen molar-refractivity contribution >= 4 is 11.8 Å². The van der Waals surface area contributed by atoms with Crippen LogP contribution in [-0.2, 0) is 11.3 Å². The summed E-state index contributed by atoms with van der Waals surface area (Å²) in [6.07, 6.45) is 0.706. The van der Waals surface area contributed by atoms with Gasteiger partial charge < -0.3 is 19.7 Å². The zero-order chi connectivity index (χ0) is 17.5. The molecule has 1 heterocycles. The Morgan fingerprint density at radius 1 is 1.16 bits per heavy atom. The highest BCUT2D eigenvalue weighted by molar-refractivity contribution is 5.67. The van der Waals surface area contributed by atoms with Crippen molar-refractivity contribution in [3.63, 3.8) is 0 Å². The SMILES string of the molecule is COc1ccc(N2CCC(CNC(=O)OCc3ccccc3)C2)cc1. The van der Waals surface area contributed by atoms with Gasteiger partial charge in [-0.1, -0.05) is 30.3 Å². The predicted molar refractivity (Wildman–Crippen MR) is 97.9 cm³/mol. The topological polar surface area (TPSA) is 50.8 Å². The average Bonchev–Trinajstić information content (AvgIpc) is 3.14. The molecule has 132 valence electrons. The quantitative estimate of drug-likeness (QED) is 0.875. The summed E-state index contributed by atoms with van der Waals surface area (Å²) in [7, 11) is 1.67. The Kier molecular flexibility index (Phi) is 5.77. The monoisotopic (exact) mass is 340 g/mol. The summed E-state index contributed by atoms with van der Waals surface area (Å²) < 4.78 is 10.4. The van der Waals surface area contributed by atoms with Crippen LogP contribution in [0.2, 0.25) is 0 Å². The van der Waals surface area contributed by atoms with Crippen LogP contribution in [0, 0.1) is 5.92 Å². The molecule has 1 saturated heterocycles. The first-order chi connectivity index (χ1) is 12.2. The van der Waals surface area contributed by atoms with Crippen LogP contribution in [0.25, 0.3) is 0 Å². The number of alkyl carbamates (subject to hydrolysis) is 1. The third kappa shape index (κ3) is 4.89. The third-order valence-corrected chi connectivity index (χ3v) is 4.47. The molecule has 0 spiro atoms. The molecule has 1 N–H and O–H groups in total. The lowest BCUT2D eigenvalue weighted by atomic mass is 10.1. The summed E-state index contributed by atoms with van der Waals surface area (Å²) in [4.78, 5) is 14.2. The van der Waals surface area contributed by atoms with E-state index in [0.717, 1.165) is 30.8 Å². The first-order valence-corrected chi connectivity index (χ1v) is 8.58. The van der Waals surface area contributed by atoms with Crippen molar-refractivity contribution in [3.8, 4) is 5.75 Å². The van der Waals surface area contributed by atoms with E-state index in [2.05, 4.69) is 22.3 Å². The fraction of sp³-hybridized carbons (Fsp3) is 0.350. The maximum atomic E-state index is 11.8. The molecule has 1 fully saturated rings. The number of hydrogen-bond acceptors (Lipinski definition) is 4. The smallest absolute Gasteiger partial charge is 0.407 e. The first-order valence-electron chi connectivity index (χ1n) is 8.58. The van der Waals surface area contributed by atoms with Crippen LogP contribution in [-0.4, -0.2) is 32.8 Å². The van der Waals surface area contributed by atoms with Gasteiger partial charge in [0, 0.05) is 25.3 Å². The third-order valence-electron chi connectivity index (χ3n) is 4.47. The Labute approximate surface area is 148 Å². The number of ether oxygens (including phenoxy) is 2. The number of carbonyl (C=O) groups excluding carboxylic acids is 1. The minimum atomic E-state index is -0.355. The molecule has 5 heteroatoms. The molecule has 2 aromatic rings. The van der Waals surface area contributed by atoms with E-state index in [-0.39, 0.29) is 6.09 Å². The Balaban J connectivity index is 1.39. The van der Waals surface area contributed by atoms with E-state index in [1.165, 1.54) is 5.69 Å². The van der Waals surface area contributed by atoms with Gasteiger partial charge in [-0.05, 0) is 42.2 Å². The van der Waals surface area contributed by atoms with E-state index >= 15 is 0 Å². The number of benzene rings is 2. The van der Waals surface area contributed by atoms with Crippen LogP contribution in [0.3, 0.4) is 0 Å². The molecule has 0 aliphatic carbocycles. The number of rotatable bonds is 6. The fourth-order valence-corrected chi connectivity index (χ4v) is 3.03. The van der Waals surface area contributed by atoms with Crippen molar-refractivity contribution in [2.45, 2.75) is 13.0 Å².